The first kappa shape index (κ1) is 24.2. The maximum Gasteiger partial charge on any atom is 0.253 e. The molecular formula is C26H27Cl2N5OS. The average Bonchev–Trinajstić information content (AvgIpc) is 3.43. The summed E-state index contributed by atoms with van der Waals surface area (Å²) in [5, 5.41) is 1.87. The van der Waals surface area contributed by atoms with Gasteiger partial charge >= 0.3 is 0 Å². The maximum absolute atomic E-state index is 13.2. The Morgan fingerprint density at radius 1 is 0.857 bits per heavy atom. The normalized spacial score (nSPS) is 16.1. The van der Waals surface area contributed by atoms with Crippen LogP contribution in [0.1, 0.15) is 28.8 Å². The summed E-state index contributed by atoms with van der Waals surface area (Å²) in [6.07, 6.45) is 2.36. The molecule has 1 amide bonds. The number of hydrogen-bond donors (Lipinski definition) is 0. The van der Waals surface area contributed by atoms with Crippen molar-refractivity contribution in [2.24, 2.45) is 0 Å². The molecule has 6 nitrogen and oxygen atoms in total. The highest BCUT2D eigenvalue weighted by atomic mass is 35.5. The molecule has 2 saturated heterocycles. The highest BCUT2D eigenvalue weighted by Gasteiger charge is 2.23. The van der Waals surface area contributed by atoms with Gasteiger partial charge in [0.2, 0.25) is 0 Å². The summed E-state index contributed by atoms with van der Waals surface area (Å²) in [6, 6.07) is 17.5. The molecule has 1 aromatic heterocycles. The van der Waals surface area contributed by atoms with E-state index < -0.39 is 0 Å². The van der Waals surface area contributed by atoms with Crippen molar-refractivity contribution in [2.45, 2.75) is 23.8 Å². The SMILES string of the molecule is O=C(c1cccc(CSc2nc(Cl)cc(N3CCCC3)n2)c1)N1CCN(c2ccccc2Cl)CC1. The molecule has 0 unspecified atom stereocenters. The van der Waals surface area contributed by atoms with E-state index >= 15 is 0 Å². The van der Waals surface area contributed by atoms with E-state index in [0.29, 0.717) is 34.7 Å². The van der Waals surface area contributed by atoms with Crippen LogP contribution in [-0.4, -0.2) is 60.0 Å². The second-order valence-corrected chi connectivity index (χ2v) is 10.5. The van der Waals surface area contributed by atoms with Gasteiger partial charge in [-0.3, -0.25) is 4.79 Å². The van der Waals surface area contributed by atoms with Gasteiger partial charge in [0, 0.05) is 56.7 Å². The smallest absolute Gasteiger partial charge is 0.253 e. The number of carbonyl (C=O) groups is 1. The first-order chi connectivity index (χ1) is 17.1. The minimum atomic E-state index is 0.0611. The molecule has 182 valence electrons. The van der Waals surface area contributed by atoms with E-state index in [-0.39, 0.29) is 5.91 Å². The Bertz CT molecular complexity index is 1200. The van der Waals surface area contributed by atoms with Crippen LogP contribution in [-0.2, 0) is 5.75 Å². The van der Waals surface area contributed by atoms with E-state index in [1.807, 2.05) is 59.5 Å². The molecule has 0 aliphatic carbocycles. The van der Waals surface area contributed by atoms with Gasteiger partial charge in [-0.05, 0) is 42.7 Å². The third-order valence-electron chi connectivity index (χ3n) is 6.39. The number of benzene rings is 2. The van der Waals surface area contributed by atoms with Crippen LogP contribution < -0.4 is 9.80 Å². The fourth-order valence-electron chi connectivity index (χ4n) is 4.54. The van der Waals surface area contributed by atoms with Crippen molar-refractivity contribution in [3.05, 3.63) is 75.9 Å². The van der Waals surface area contributed by atoms with Crippen molar-refractivity contribution in [3.8, 4) is 0 Å². The van der Waals surface area contributed by atoms with Crippen molar-refractivity contribution < 1.29 is 4.79 Å². The quantitative estimate of drug-likeness (QED) is 0.235. The molecule has 3 heterocycles. The number of aromatic nitrogens is 2. The van der Waals surface area contributed by atoms with Crippen LogP contribution in [0.3, 0.4) is 0 Å². The summed E-state index contributed by atoms with van der Waals surface area (Å²) in [5.41, 5.74) is 2.79. The minimum Gasteiger partial charge on any atom is -0.367 e. The summed E-state index contributed by atoms with van der Waals surface area (Å²) in [7, 11) is 0. The Balaban J connectivity index is 1.20. The Hall–Kier alpha value is -2.48. The number of hydrogen-bond acceptors (Lipinski definition) is 6. The first-order valence-electron chi connectivity index (χ1n) is 11.9. The molecule has 0 saturated carbocycles. The van der Waals surface area contributed by atoms with Gasteiger partial charge in [0.05, 0.1) is 10.7 Å². The fraction of sp³-hybridized carbons (Fsp3) is 0.346. The van der Waals surface area contributed by atoms with E-state index in [0.717, 1.165) is 48.3 Å². The molecule has 0 radical (unpaired) electrons. The van der Waals surface area contributed by atoms with E-state index in [9.17, 15) is 4.79 Å². The Morgan fingerprint density at radius 3 is 2.40 bits per heavy atom. The molecule has 0 bridgehead atoms. The van der Waals surface area contributed by atoms with Crippen molar-refractivity contribution >= 4 is 52.4 Å². The monoisotopic (exact) mass is 527 g/mol. The number of carbonyl (C=O) groups excluding carboxylic acids is 1. The highest BCUT2D eigenvalue weighted by Crippen LogP contribution is 2.28. The second-order valence-electron chi connectivity index (χ2n) is 8.75. The van der Waals surface area contributed by atoms with Gasteiger partial charge in [0.15, 0.2) is 5.16 Å². The zero-order valence-corrected chi connectivity index (χ0v) is 21.7. The number of thioether (sulfide) groups is 1. The molecule has 0 spiro atoms. The number of rotatable bonds is 6. The summed E-state index contributed by atoms with van der Waals surface area (Å²) in [6.45, 7) is 4.87. The molecular weight excluding hydrogens is 501 g/mol. The molecule has 2 aliphatic rings. The standard InChI is InChI=1S/C26H27Cl2N5OS/c27-21-8-1-2-9-22(21)31-12-14-33(15-13-31)25(34)20-7-5-6-19(16-20)18-35-26-29-23(28)17-24(30-26)32-10-3-4-11-32/h1-2,5-9,16-17H,3-4,10-15,18H2. The van der Waals surface area contributed by atoms with Crippen LogP contribution >= 0.6 is 35.0 Å². The summed E-state index contributed by atoms with van der Waals surface area (Å²) < 4.78 is 0. The number of amides is 1. The topological polar surface area (TPSA) is 52.6 Å². The number of nitrogens with zero attached hydrogens (tertiary/aromatic N) is 5. The van der Waals surface area contributed by atoms with Gasteiger partial charge in [-0.1, -0.05) is 59.2 Å². The van der Waals surface area contributed by atoms with Crippen LogP contribution in [0.25, 0.3) is 0 Å². The van der Waals surface area contributed by atoms with Crippen molar-refractivity contribution in [2.75, 3.05) is 49.1 Å². The zero-order valence-electron chi connectivity index (χ0n) is 19.4. The predicted octanol–water partition coefficient (Wildman–Crippen LogP) is 5.64. The van der Waals surface area contributed by atoms with Crippen LogP contribution in [0.2, 0.25) is 10.2 Å². The third kappa shape index (κ3) is 5.85. The van der Waals surface area contributed by atoms with Crippen molar-refractivity contribution in [3.63, 3.8) is 0 Å². The third-order valence-corrected chi connectivity index (χ3v) is 7.82. The molecule has 9 heteroatoms. The molecule has 2 fully saturated rings. The number of anilines is 2. The second kappa shape index (κ2) is 11.1. The van der Waals surface area contributed by atoms with Crippen molar-refractivity contribution in [1.29, 1.82) is 0 Å². The Morgan fingerprint density at radius 2 is 1.63 bits per heavy atom. The highest BCUT2D eigenvalue weighted by molar-refractivity contribution is 7.98. The van der Waals surface area contributed by atoms with Gasteiger partial charge in [-0.2, -0.15) is 0 Å². The number of halogens is 2. The lowest BCUT2D eigenvalue weighted by atomic mass is 10.1. The molecule has 2 aromatic carbocycles. The Kier molecular flexibility index (Phi) is 7.66. The van der Waals surface area contributed by atoms with E-state index in [2.05, 4.69) is 14.8 Å². The number of para-hydroxylation sites is 1. The molecule has 5 rings (SSSR count). The van der Waals surface area contributed by atoms with Gasteiger partial charge < -0.3 is 14.7 Å². The lowest BCUT2D eigenvalue weighted by molar-refractivity contribution is 0.0746. The lowest BCUT2D eigenvalue weighted by Gasteiger charge is -2.36. The van der Waals surface area contributed by atoms with Crippen molar-refractivity contribution in [1.82, 2.24) is 14.9 Å². The predicted molar refractivity (Wildman–Crippen MR) is 144 cm³/mol. The van der Waals surface area contributed by atoms with Crippen LogP contribution in [0.15, 0.2) is 59.8 Å². The van der Waals surface area contributed by atoms with Gasteiger partial charge in [0.1, 0.15) is 11.0 Å². The minimum absolute atomic E-state index is 0.0611. The molecule has 0 N–H and O–H groups in total. The molecule has 0 atom stereocenters. The summed E-state index contributed by atoms with van der Waals surface area (Å²) in [5.74, 6) is 1.62. The lowest BCUT2D eigenvalue weighted by Crippen LogP contribution is -2.48. The van der Waals surface area contributed by atoms with E-state index in [4.69, 9.17) is 28.2 Å². The maximum atomic E-state index is 13.2. The van der Waals surface area contributed by atoms with Gasteiger partial charge in [-0.25, -0.2) is 9.97 Å². The average molecular weight is 529 g/mol. The summed E-state index contributed by atoms with van der Waals surface area (Å²) in [4.78, 5) is 28.7. The van der Waals surface area contributed by atoms with Crippen LogP contribution in [0.5, 0.6) is 0 Å². The molecule has 2 aliphatic heterocycles. The van der Waals surface area contributed by atoms with Gasteiger partial charge in [0.25, 0.3) is 5.91 Å². The largest absolute Gasteiger partial charge is 0.367 e. The Labute approximate surface area is 220 Å². The van der Waals surface area contributed by atoms with E-state index in [1.54, 1.807) is 0 Å². The van der Waals surface area contributed by atoms with Crippen LogP contribution in [0, 0.1) is 0 Å². The number of piperazine rings is 1. The van der Waals surface area contributed by atoms with E-state index in [1.165, 1.54) is 24.6 Å². The van der Waals surface area contributed by atoms with Gasteiger partial charge in [-0.15, -0.1) is 0 Å². The first-order valence-corrected chi connectivity index (χ1v) is 13.6. The summed E-state index contributed by atoms with van der Waals surface area (Å²) >= 11 is 14.2. The fourth-order valence-corrected chi connectivity index (χ4v) is 5.82. The molecule has 35 heavy (non-hydrogen) atoms. The zero-order chi connectivity index (χ0) is 24.2. The molecule has 3 aromatic rings. The van der Waals surface area contributed by atoms with Crippen LogP contribution in [0.4, 0.5) is 11.5 Å².